The predicted octanol–water partition coefficient (Wildman–Crippen LogP) is 2.77. The smallest absolute Gasteiger partial charge is 0.223 e. The van der Waals surface area contributed by atoms with Crippen molar-refractivity contribution in [3.8, 4) is 0 Å². The van der Waals surface area contributed by atoms with E-state index >= 15 is 0 Å². The van der Waals surface area contributed by atoms with E-state index in [2.05, 4.69) is 36.9 Å². The Morgan fingerprint density at radius 2 is 1.85 bits per heavy atom. The first-order valence-corrected chi connectivity index (χ1v) is 9.68. The van der Waals surface area contributed by atoms with Gasteiger partial charge in [-0.3, -0.25) is 4.79 Å². The second kappa shape index (κ2) is 6.68. The molecule has 0 spiro atoms. The van der Waals surface area contributed by atoms with E-state index in [1.807, 2.05) is 30.5 Å². The van der Waals surface area contributed by atoms with Crippen LogP contribution in [0.25, 0.3) is 11.0 Å². The summed E-state index contributed by atoms with van der Waals surface area (Å²) in [5.41, 5.74) is 2.10. The summed E-state index contributed by atoms with van der Waals surface area (Å²) in [5.74, 6) is 1.27. The lowest BCUT2D eigenvalue weighted by molar-refractivity contribution is -0.134. The summed E-state index contributed by atoms with van der Waals surface area (Å²) in [6, 6.07) is 12.9. The summed E-state index contributed by atoms with van der Waals surface area (Å²) in [7, 11) is 0. The van der Waals surface area contributed by atoms with Gasteiger partial charge < -0.3 is 14.8 Å². The highest BCUT2D eigenvalue weighted by Gasteiger charge is 2.42. The number of carbonyl (C=O) groups excluding carboxylic acids is 1. The molecule has 5 rings (SSSR count). The van der Waals surface area contributed by atoms with Crippen molar-refractivity contribution in [3.63, 3.8) is 0 Å². The van der Waals surface area contributed by atoms with Crippen molar-refractivity contribution in [2.45, 2.75) is 37.8 Å². The van der Waals surface area contributed by atoms with E-state index in [0.29, 0.717) is 12.3 Å². The van der Waals surface area contributed by atoms with Crippen LogP contribution in [0.2, 0.25) is 0 Å². The van der Waals surface area contributed by atoms with Gasteiger partial charge in [0.15, 0.2) is 0 Å². The lowest BCUT2D eigenvalue weighted by atomic mass is 10.1. The van der Waals surface area contributed by atoms with E-state index in [0.717, 1.165) is 49.2 Å². The number of aromatic amines is 1. The maximum atomic E-state index is 12.9. The Morgan fingerprint density at radius 3 is 2.63 bits per heavy atom. The molecule has 2 aromatic heterocycles. The van der Waals surface area contributed by atoms with Gasteiger partial charge in [-0.05, 0) is 30.9 Å². The van der Waals surface area contributed by atoms with Gasteiger partial charge in [-0.15, -0.1) is 0 Å². The van der Waals surface area contributed by atoms with Crippen molar-refractivity contribution in [1.29, 1.82) is 0 Å². The number of hydrogen-bond donors (Lipinski definition) is 1. The Bertz CT molecular complexity index is 939. The van der Waals surface area contributed by atoms with Gasteiger partial charge in [-0.25, -0.2) is 9.97 Å². The molecule has 27 heavy (non-hydrogen) atoms. The quantitative estimate of drug-likeness (QED) is 0.776. The topological polar surface area (TPSA) is 65.1 Å². The number of benzene rings is 1. The normalized spacial score (nSPS) is 21.8. The fourth-order valence-corrected chi connectivity index (χ4v) is 4.62. The van der Waals surface area contributed by atoms with Crippen LogP contribution in [0.1, 0.15) is 24.8 Å². The second-order valence-electron chi connectivity index (χ2n) is 7.51. The molecule has 2 aliphatic rings. The summed E-state index contributed by atoms with van der Waals surface area (Å²) in [6.07, 6.45) is 7.09. The van der Waals surface area contributed by atoms with Crippen LogP contribution in [0.5, 0.6) is 0 Å². The largest absolute Gasteiger partial charge is 0.352 e. The SMILES string of the molecule is O=C(CCc1ccccc1)N1C2CC[C@@H]1CN(c1ncnc3[nH]ccc13)C2. The van der Waals surface area contributed by atoms with Gasteiger partial charge in [-0.1, -0.05) is 30.3 Å². The van der Waals surface area contributed by atoms with Crippen molar-refractivity contribution >= 4 is 22.8 Å². The van der Waals surface area contributed by atoms with Crippen LogP contribution in [0.3, 0.4) is 0 Å². The molecular weight excluding hydrogens is 338 g/mol. The molecule has 0 aliphatic carbocycles. The minimum absolute atomic E-state index is 0.288. The molecule has 2 fully saturated rings. The van der Waals surface area contributed by atoms with Crippen molar-refractivity contribution < 1.29 is 4.79 Å². The summed E-state index contributed by atoms with van der Waals surface area (Å²) in [4.78, 5) is 29.4. The second-order valence-corrected chi connectivity index (χ2v) is 7.51. The standard InChI is InChI=1S/C21H23N5O/c27-19(9-6-15-4-2-1-3-5-15)26-16-7-8-17(26)13-25(12-16)21-18-10-11-22-20(18)23-14-24-21/h1-5,10-11,14,16-17H,6-9,12-13H2,(H,22,23,24)/t16-,17?/m1/s1. The van der Waals surface area contributed by atoms with Crippen LogP contribution in [-0.2, 0) is 11.2 Å². The Balaban J connectivity index is 1.30. The van der Waals surface area contributed by atoms with Crippen LogP contribution < -0.4 is 4.90 Å². The summed E-state index contributed by atoms with van der Waals surface area (Å²) in [5, 5.41) is 1.06. The average molecular weight is 361 g/mol. The van der Waals surface area contributed by atoms with Gasteiger partial charge >= 0.3 is 0 Å². The molecular formula is C21H23N5O. The van der Waals surface area contributed by atoms with Gasteiger partial charge in [0.25, 0.3) is 0 Å². The van der Waals surface area contributed by atoms with E-state index in [4.69, 9.17) is 0 Å². The predicted molar refractivity (Wildman–Crippen MR) is 105 cm³/mol. The third kappa shape index (κ3) is 2.95. The lowest BCUT2D eigenvalue weighted by Crippen LogP contribution is -2.56. The van der Waals surface area contributed by atoms with E-state index < -0.39 is 0 Å². The number of carbonyl (C=O) groups is 1. The van der Waals surface area contributed by atoms with Crippen molar-refractivity contribution in [3.05, 3.63) is 54.5 Å². The zero-order chi connectivity index (χ0) is 18.2. The molecule has 1 unspecified atom stereocenters. The van der Waals surface area contributed by atoms with E-state index in [9.17, 15) is 4.79 Å². The number of H-pyrrole nitrogens is 1. The molecule has 1 aromatic carbocycles. The highest BCUT2D eigenvalue weighted by molar-refractivity contribution is 5.87. The number of aryl methyl sites for hydroxylation is 1. The highest BCUT2D eigenvalue weighted by atomic mass is 16.2. The number of hydrogen-bond acceptors (Lipinski definition) is 4. The molecule has 4 heterocycles. The van der Waals surface area contributed by atoms with Crippen molar-refractivity contribution in [2.24, 2.45) is 0 Å². The minimum atomic E-state index is 0.288. The van der Waals surface area contributed by atoms with Gasteiger partial charge in [0.05, 0.1) is 5.39 Å². The number of nitrogens with zero attached hydrogens (tertiary/aromatic N) is 4. The Kier molecular flexibility index (Phi) is 4.03. The van der Waals surface area contributed by atoms with Gasteiger partial charge in [0, 0.05) is 37.8 Å². The zero-order valence-electron chi connectivity index (χ0n) is 15.2. The molecule has 2 atom stereocenters. The Labute approximate surface area is 158 Å². The number of fused-ring (bicyclic) bond motifs is 3. The summed E-state index contributed by atoms with van der Waals surface area (Å²) >= 11 is 0. The highest BCUT2D eigenvalue weighted by Crippen LogP contribution is 2.34. The monoisotopic (exact) mass is 361 g/mol. The van der Waals surface area contributed by atoms with Gasteiger partial charge in [0.1, 0.15) is 17.8 Å². The summed E-state index contributed by atoms with van der Waals surface area (Å²) in [6.45, 7) is 1.70. The molecule has 6 nitrogen and oxygen atoms in total. The molecule has 138 valence electrons. The minimum Gasteiger partial charge on any atom is -0.352 e. The number of aromatic nitrogens is 3. The van der Waals surface area contributed by atoms with Crippen LogP contribution in [0.15, 0.2) is 48.9 Å². The lowest BCUT2D eigenvalue weighted by Gasteiger charge is -2.41. The molecule has 2 aliphatic heterocycles. The van der Waals surface area contributed by atoms with E-state index in [1.54, 1.807) is 6.33 Å². The Morgan fingerprint density at radius 1 is 1.07 bits per heavy atom. The zero-order valence-corrected chi connectivity index (χ0v) is 15.2. The number of nitrogens with one attached hydrogen (secondary N) is 1. The average Bonchev–Trinajstić information content (AvgIpc) is 3.29. The molecule has 0 saturated carbocycles. The molecule has 0 radical (unpaired) electrons. The van der Waals surface area contributed by atoms with E-state index in [1.165, 1.54) is 5.56 Å². The third-order valence-corrected chi connectivity index (χ3v) is 5.87. The van der Waals surface area contributed by atoms with E-state index in [-0.39, 0.29) is 12.1 Å². The number of piperazine rings is 1. The van der Waals surface area contributed by atoms with Crippen LogP contribution >= 0.6 is 0 Å². The number of amides is 1. The first-order valence-electron chi connectivity index (χ1n) is 9.68. The molecule has 6 heteroatoms. The van der Waals surface area contributed by atoms with Crippen LogP contribution in [0.4, 0.5) is 5.82 Å². The fraction of sp³-hybridized carbons (Fsp3) is 0.381. The maximum Gasteiger partial charge on any atom is 0.223 e. The van der Waals surface area contributed by atoms with Gasteiger partial charge in [-0.2, -0.15) is 0 Å². The number of rotatable bonds is 4. The maximum absolute atomic E-state index is 12.9. The van der Waals surface area contributed by atoms with Gasteiger partial charge in [0.2, 0.25) is 5.91 Å². The Hall–Kier alpha value is -2.89. The van der Waals surface area contributed by atoms with Crippen LogP contribution in [-0.4, -0.2) is 50.9 Å². The molecule has 2 saturated heterocycles. The fourth-order valence-electron chi connectivity index (χ4n) is 4.62. The molecule has 3 aromatic rings. The van der Waals surface area contributed by atoms with Crippen molar-refractivity contribution in [1.82, 2.24) is 19.9 Å². The first-order chi connectivity index (χ1) is 13.3. The summed E-state index contributed by atoms with van der Waals surface area (Å²) < 4.78 is 0. The molecule has 1 N–H and O–H groups in total. The van der Waals surface area contributed by atoms with Crippen LogP contribution in [0, 0.1) is 0 Å². The third-order valence-electron chi connectivity index (χ3n) is 5.87. The first kappa shape index (κ1) is 16.3. The molecule has 1 amide bonds. The molecule has 2 bridgehead atoms. The van der Waals surface area contributed by atoms with Crippen molar-refractivity contribution in [2.75, 3.05) is 18.0 Å². The number of anilines is 1.